The predicted molar refractivity (Wildman–Crippen MR) is 44.3 cm³/mol. The molecule has 0 bridgehead atoms. The Balaban J connectivity index is 3.36. The molecule has 0 spiro atoms. The maximum atomic E-state index is 11.1. The van der Waals surface area contributed by atoms with Crippen LogP contribution in [0.2, 0.25) is 0 Å². The third-order valence-electron chi connectivity index (χ3n) is 1.67. The Morgan fingerprint density at radius 1 is 1.64 bits per heavy atom. The maximum Gasteiger partial charge on any atom is 0.161 e. The van der Waals surface area contributed by atoms with E-state index < -0.39 is 0 Å². The van der Waals surface area contributed by atoms with Gasteiger partial charge < -0.3 is 10.5 Å². The number of ether oxygens (including phenoxy) is 1. The highest BCUT2D eigenvalue weighted by atomic mass is 16.5. The average Bonchev–Trinajstić information content (AvgIpc) is 2.03. The van der Waals surface area contributed by atoms with Gasteiger partial charge in [0.15, 0.2) is 5.78 Å². The van der Waals surface area contributed by atoms with Gasteiger partial charge in [0, 0.05) is 12.5 Å². The summed E-state index contributed by atoms with van der Waals surface area (Å²) in [6.45, 7) is 5.07. The summed E-state index contributed by atoms with van der Waals surface area (Å²) in [5.41, 5.74) is 5.19. The van der Waals surface area contributed by atoms with Crippen molar-refractivity contribution in [3.63, 3.8) is 0 Å². The van der Waals surface area contributed by atoms with E-state index in [0.29, 0.717) is 13.2 Å². The Morgan fingerprint density at radius 3 is 2.73 bits per heavy atom. The highest BCUT2D eigenvalue weighted by Gasteiger charge is 2.09. The van der Waals surface area contributed by atoms with Crippen LogP contribution < -0.4 is 5.73 Å². The SMILES string of the molecule is CCC(C)C(=O)COCCN. The van der Waals surface area contributed by atoms with E-state index in [4.69, 9.17) is 10.5 Å². The Labute approximate surface area is 67.9 Å². The lowest BCUT2D eigenvalue weighted by atomic mass is 10.1. The van der Waals surface area contributed by atoms with Crippen molar-refractivity contribution in [3.05, 3.63) is 0 Å². The van der Waals surface area contributed by atoms with Crippen molar-refractivity contribution in [1.82, 2.24) is 0 Å². The molecule has 0 aliphatic heterocycles. The van der Waals surface area contributed by atoms with Crippen molar-refractivity contribution in [2.75, 3.05) is 19.8 Å². The van der Waals surface area contributed by atoms with Crippen molar-refractivity contribution >= 4 is 5.78 Å². The van der Waals surface area contributed by atoms with E-state index in [1.54, 1.807) is 0 Å². The van der Waals surface area contributed by atoms with E-state index in [2.05, 4.69) is 0 Å². The molecule has 0 aliphatic carbocycles. The molecule has 11 heavy (non-hydrogen) atoms. The van der Waals surface area contributed by atoms with E-state index in [-0.39, 0.29) is 18.3 Å². The highest BCUT2D eigenvalue weighted by molar-refractivity contribution is 5.81. The zero-order chi connectivity index (χ0) is 8.69. The number of Topliss-reactive ketones (excluding diaryl/α,β-unsaturated/α-hetero) is 1. The highest BCUT2D eigenvalue weighted by Crippen LogP contribution is 2.01. The van der Waals surface area contributed by atoms with Crippen LogP contribution in [0, 0.1) is 5.92 Å². The second-order valence-corrected chi connectivity index (χ2v) is 2.62. The monoisotopic (exact) mass is 159 g/mol. The topological polar surface area (TPSA) is 52.3 Å². The normalized spacial score (nSPS) is 13.0. The minimum atomic E-state index is 0.118. The van der Waals surface area contributed by atoms with Crippen molar-refractivity contribution in [2.45, 2.75) is 20.3 Å². The van der Waals surface area contributed by atoms with Gasteiger partial charge in [-0.1, -0.05) is 13.8 Å². The Morgan fingerprint density at radius 2 is 2.27 bits per heavy atom. The van der Waals surface area contributed by atoms with Crippen LogP contribution in [0.1, 0.15) is 20.3 Å². The molecule has 3 heteroatoms. The largest absolute Gasteiger partial charge is 0.372 e. The summed E-state index contributed by atoms with van der Waals surface area (Å²) in [5, 5.41) is 0. The molecule has 0 fully saturated rings. The van der Waals surface area contributed by atoms with Crippen LogP contribution in [0.3, 0.4) is 0 Å². The van der Waals surface area contributed by atoms with Crippen LogP contribution in [-0.2, 0) is 9.53 Å². The van der Waals surface area contributed by atoms with E-state index in [1.165, 1.54) is 0 Å². The van der Waals surface area contributed by atoms with Crippen LogP contribution in [0.15, 0.2) is 0 Å². The number of hydrogen-bond acceptors (Lipinski definition) is 3. The van der Waals surface area contributed by atoms with Crippen LogP contribution >= 0.6 is 0 Å². The molecule has 0 aromatic carbocycles. The molecule has 3 nitrogen and oxygen atoms in total. The molecule has 2 N–H and O–H groups in total. The summed E-state index contributed by atoms with van der Waals surface area (Å²) >= 11 is 0. The molecular formula is C8H17NO2. The van der Waals surface area contributed by atoms with Crippen molar-refractivity contribution in [3.8, 4) is 0 Å². The minimum absolute atomic E-state index is 0.118. The summed E-state index contributed by atoms with van der Waals surface area (Å²) in [7, 11) is 0. The molecule has 0 radical (unpaired) electrons. The second kappa shape index (κ2) is 6.31. The fourth-order valence-electron chi connectivity index (χ4n) is 0.626. The summed E-state index contributed by atoms with van der Waals surface area (Å²) in [5.74, 6) is 0.286. The molecule has 0 aliphatic rings. The van der Waals surface area contributed by atoms with E-state index >= 15 is 0 Å². The molecule has 66 valence electrons. The first kappa shape index (κ1) is 10.6. The lowest BCUT2D eigenvalue weighted by Crippen LogP contribution is -2.19. The Kier molecular flexibility index (Phi) is 6.07. The molecule has 0 aromatic heterocycles. The smallest absolute Gasteiger partial charge is 0.161 e. The number of carbonyl (C=O) groups is 1. The van der Waals surface area contributed by atoms with Crippen molar-refractivity contribution < 1.29 is 9.53 Å². The quantitative estimate of drug-likeness (QED) is 0.577. The van der Waals surface area contributed by atoms with Crippen molar-refractivity contribution in [2.24, 2.45) is 11.7 Å². The van der Waals surface area contributed by atoms with Crippen molar-refractivity contribution in [1.29, 1.82) is 0 Å². The summed E-state index contributed by atoms with van der Waals surface area (Å²) in [6.07, 6.45) is 0.880. The van der Waals surface area contributed by atoms with Gasteiger partial charge in [-0.25, -0.2) is 0 Å². The van der Waals surface area contributed by atoms with Gasteiger partial charge >= 0.3 is 0 Å². The van der Waals surface area contributed by atoms with Gasteiger partial charge in [0.1, 0.15) is 6.61 Å². The Bertz CT molecular complexity index is 115. The lowest BCUT2D eigenvalue weighted by molar-refractivity contribution is -0.126. The predicted octanol–water partition coefficient (Wildman–Crippen LogP) is 0.577. The molecule has 0 saturated heterocycles. The summed E-state index contributed by atoms with van der Waals surface area (Å²) in [6, 6.07) is 0. The second-order valence-electron chi connectivity index (χ2n) is 2.62. The van der Waals surface area contributed by atoms with Gasteiger partial charge in [-0.2, -0.15) is 0 Å². The van der Waals surface area contributed by atoms with Gasteiger partial charge in [0.25, 0.3) is 0 Å². The third kappa shape index (κ3) is 4.93. The summed E-state index contributed by atoms with van der Waals surface area (Å²) < 4.78 is 4.99. The molecule has 0 amide bonds. The van der Waals surface area contributed by atoms with Gasteiger partial charge in [0.2, 0.25) is 0 Å². The van der Waals surface area contributed by atoms with Gasteiger partial charge in [-0.3, -0.25) is 4.79 Å². The Hall–Kier alpha value is -0.410. The minimum Gasteiger partial charge on any atom is -0.372 e. The van der Waals surface area contributed by atoms with Crippen LogP contribution in [0.4, 0.5) is 0 Å². The molecule has 1 atom stereocenters. The average molecular weight is 159 g/mol. The molecule has 0 heterocycles. The van der Waals surface area contributed by atoms with E-state index in [1.807, 2.05) is 13.8 Å². The molecule has 0 aromatic rings. The number of nitrogens with two attached hydrogens (primary N) is 1. The molecular weight excluding hydrogens is 142 g/mol. The van der Waals surface area contributed by atoms with E-state index in [9.17, 15) is 4.79 Å². The lowest BCUT2D eigenvalue weighted by Gasteiger charge is -2.06. The van der Waals surface area contributed by atoms with Crippen LogP contribution in [-0.4, -0.2) is 25.5 Å². The number of ketones is 1. The van der Waals surface area contributed by atoms with Gasteiger partial charge in [0.05, 0.1) is 6.61 Å². The first-order valence-electron chi connectivity index (χ1n) is 4.02. The van der Waals surface area contributed by atoms with Crippen LogP contribution in [0.5, 0.6) is 0 Å². The van der Waals surface area contributed by atoms with E-state index in [0.717, 1.165) is 6.42 Å². The molecule has 0 saturated carbocycles. The number of hydrogen-bond donors (Lipinski definition) is 1. The fraction of sp³-hybridized carbons (Fsp3) is 0.875. The fourth-order valence-corrected chi connectivity index (χ4v) is 0.626. The number of carbonyl (C=O) groups excluding carboxylic acids is 1. The molecule has 1 unspecified atom stereocenters. The maximum absolute atomic E-state index is 11.1. The standard InChI is InChI=1S/C8H17NO2/c1-3-7(2)8(10)6-11-5-4-9/h7H,3-6,9H2,1-2H3. The zero-order valence-corrected chi connectivity index (χ0v) is 7.30. The first-order chi connectivity index (χ1) is 5.22. The van der Waals surface area contributed by atoms with Gasteiger partial charge in [-0.05, 0) is 6.42 Å². The first-order valence-corrected chi connectivity index (χ1v) is 4.02. The van der Waals surface area contributed by atoms with Gasteiger partial charge in [-0.15, -0.1) is 0 Å². The molecule has 0 rings (SSSR count). The zero-order valence-electron chi connectivity index (χ0n) is 7.30. The van der Waals surface area contributed by atoms with Crippen LogP contribution in [0.25, 0.3) is 0 Å². The number of rotatable bonds is 6. The summed E-state index contributed by atoms with van der Waals surface area (Å²) in [4.78, 5) is 11.1. The third-order valence-corrected chi connectivity index (χ3v) is 1.67.